The molecule has 3 unspecified atom stereocenters. The molecule has 3 N–H and O–H groups in total. The quantitative estimate of drug-likeness (QED) is 0.848. The number of fused-ring (bicyclic) bond motifs is 2. The second-order valence-corrected chi connectivity index (χ2v) is 7.50. The van der Waals surface area contributed by atoms with Crippen LogP contribution in [0.4, 0.5) is 5.69 Å². The lowest BCUT2D eigenvalue weighted by Gasteiger charge is -2.30. The zero-order valence-electron chi connectivity index (χ0n) is 12.9. The summed E-state index contributed by atoms with van der Waals surface area (Å²) in [4.78, 5) is 20.2. The zero-order chi connectivity index (χ0) is 15.8. The van der Waals surface area contributed by atoms with E-state index >= 15 is 0 Å². The summed E-state index contributed by atoms with van der Waals surface area (Å²) < 4.78 is 0. The van der Waals surface area contributed by atoms with Gasteiger partial charge < -0.3 is 16.0 Å². The number of anilines is 1. The van der Waals surface area contributed by atoms with Crippen LogP contribution in [-0.4, -0.2) is 41.5 Å². The molecule has 0 aliphatic carbocycles. The Morgan fingerprint density at radius 3 is 2.91 bits per heavy atom. The third-order valence-electron chi connectivity index (χ3n) is 4.70. The first-order valence-corrected chi connectivity index (χ1v) is 8.84. The van der Waals surface area contributed by atoms with E-state index < -0.39 is 0 Å². The second-order valence-electron chi connectivity index (χ2n) is 6.47. The van der Waals surface area contributed by atoms with Crippen molar-refractivity contribution in [3.8, 4) is 10.4 Å². The van der Waals surface area contributed by atoms with Gasteiger partial charge in [-0.3, -0.25) is 4.79 Å². The highest BCUT2D eigenvalue weighted by Crippen LogP contribution is 2.28. The number of nitrogens with zero attached hydrogens (tertiary/aromatic N) is 2. The Balaban J connectivity index is 1.44. The summed E-state index contributed by atoms with van der Waals surface area (Å²) >= 11 is 1.43. The Morgan fingerprint density at radius 1 is 1.30 bits per heavy atom. The summed E-state index contributed by atoms with van der Waals surface area (Å²) in [5, 5.41) is 3.69. The van der Waals surface area contributed by atoms with Gasteiger partial charge in [0.05, 0.1) is 4.88 Å². The number of nitrogens with one attached hydrogen (secondary N) is 1. The van der Waals surface area contributed by atoms with Crippen molar-refractivity contribution in [1.29, 1.82) is 0 Å². The van der Waals surface area contributed by atoms with E-state index in [1.54, 1.807) is 6.20 Å². The van der Waals surface area contributed by atoms with Crippen LogP contribution in [0.25, 0.3) is 10.4 Å². The maximum atomic E-state index is 12.4. The van der Waals surface area contributed by atoms with Gasteiger partial charge in [0.2, 0.25) is 0 Å². The molecular weight excluding hydrogens is 308 g/mol. The van der Waals surface area contributed by atoms with Gasteiger partial charge in [-0.15, -0.1) is 11.3 Å². The van der Waals surface area contributed by atoms with Crippen LogP contribution in [0.3, 0.4) is 0 Å². The minimum absolute atomic E-state index is 0.0517. The van der Waals surface area contributed by atoms with Crippen LogP contribution in [0.1, 0.15) is 22.6 Å². The van der Waals surface area contributed by atoms with Crippen LogP contribution < -0.4 is 11.1 Å². The summed E-state index contributed by atoms with van der Waals surface area (Å²) in [5.41, 5.74) is 7.48. The minimum Gasteiger partial charge on any atom is -0.399 e. The van der Waals surface area contributed by atoms with E-state index in [0.29, 0.717) is 5.01 Å². The molecule has 2 aliphatic heterocycles. The highest BCUT2D eigenvalue weighted by atomic mass is 32.1. The third kappa shape index (κ3) is 3.09. The molecule has 1 aromatic heterocycles. The van der Waals surface area contributed by atoms with Gasteiger partial charge in [-0.1, -0.05) is 12.1 Å². The summed E-state index contributed by atoms with van der Waals surface area (Å²) in [5.74, 6) is 0.694. The van der Waals surface area contributed by atoms with Gasteiger partial charge in [0.25, 0.3) is 5.91 Å². The Bertz CT molecular complexity index is 700. The van der Waals surface area contributed by atoms with E-state index in [9.17, 15) is 4.79 Å². The molecule has 5 nitrogen and oxygen atoms in total. The first-order chi connectivity index (χ1) is 11.2. The highest BCUT2D eigenvalue weighted by Gasteiger charge is 2.33. The van der Waals surface area contributed by atoms with Crippen molar-refractivity contribution in [2.24, 2.45) is 5.92 Å². The highest BCUT2D eigenvalue weighted by molar-refractivity contribution is 7.16. The van der Waals surface area contributed by atoms with E-state index in [4.69, 9.17) is 5.73 Å². The number of nitrogen functional groups attached to an aromatic ring is 1. The fourth-order valence-corrected chi connectivity index (χ4v) is 4.40. The van der Waals surface area contributed by atoms with Crippen molar-refractivity contribution in [3.63, 3.8) is 0 Å². The van der Waals surface area contributed by atoms with Crippen molar-refractivity contribution in [2.45, 2.75) is 18.9 Å². The average molecular weight is 328 g/mol. The number of amides is 1. The largest absolute Gasteiger partial charge is 0.399 e. The Hall–Kier alpha value is -1.92. The van der Waals surface area contributed by atoms with Crippen molar-refractivity contribution in [1.82, 2.24) is 15.2 Å². The number of piperidine rings is 1. The summed E-state index contributed by atoms with van der Waals surface area (Å²) in [6.45, 7) is 3.35. The van der Waals surface area contributed by atoms with Gasteiger partial charge in [-0.05, 0) is 43.0 Å². The van der Waals surface area contributed by atoms with Crippen molar-refractivity contribution in [3.05, 3.63) is 35.5 Å². The molecule has 0 saturated carbocycles. The van der Waals surface area contributed by atoms with Crippen LogP contribution in [0.15, 0.2) is 30.5 Å². The molecule has 2 bridgehead atoms. The molecule has 6 heteroatoms. The molecule has 2 aromatic rings. The fraction of sp³-hybridized carbons (Fsp3) is 0.412. The predicted octanol–water partition coefficient (Wildman–Crippen LogP) is 2.22. The van der Waals surface area contributed by atoms with Crippen molar-refractivity contribution in [2.75, 3.05) is 25.4 Å². The summed E-state index contributed by atoms with van der Waals surface area (Å²) in [6.07, 6.45) is 4.13. The average Bonchev–Trinajstić information content (AvgIpc) is 3.15. The number of rotatable bonds is 3. The maximum Gasteiger partial charge on any atom is 0.280 e. The first-order valence-electron chi connectivity index (χ1n) is 8.02. The first kappa shape index (κ1) is 14.7. The molecule has 2 fully saturated rings. The Morgan fingerprint density at radius 2 is 2.13 bits per heavy atom. The third-order valence-corrected chi connectivity index (χ3v) is 5.74. The molecule has 2 saturated heterocycles. The van der Waals surface area contributed by atoms with Crippen LogP contribution in [-0.2, 0) is 0 Å². The maximum absolute atomic E-state index is 12.4. The van der Waals surface area contributed by atoms with E-state index in [1.807, 2.05) is 24.3 Å². The minimum atomic E-state index is -0.0517. The monoisotopic (exact) mass is 328 g/mol. The molecule has 1 aromatic carbocycles. The van der Waals surface area contributed by atoms with Crippen molar-refractivity contribution >= 4 is 22.9 Å². The molecule has 4 rings (SSSR count). The molecule has 23 heavy (non-hydrogen) atoms. The molecule has 3 atom stereocenters. The molecule has 0 radical (unpaired) electrons. The molecule has 3 heterocycles. The Labute approximate surface area is 139 Å². The van der Waals surface area contributed by atoms with E-state index in [1.165, 1.54) is 30.8 Å². The van der Waals surface area contributed by atoms with E-state index in [-0.39, 0.29) is 11.9 Å². The molecule has 2 aliphatic rings. The second kappa shape index (κ2) is 5.94. The Kier molecular flexibility index (Phi) is 3.79. The number of hydrogen-bond donors (Lipinski definition) is 2. The lowest BCUT2D eigenvalue weighted by atomic mass is 9.97. The molecular formula is C17H20N4OS. The van der Waals surface area contributed by atoms with Crippen LogP contribution in [0.5, 0.6) is 0 Å². The number of nitrogens with two attached hydrogens (primary N) is 1. The van der Waals surface area contributed by atoms with Gasteiger partial charge in [0.1, 0.15) is 0 Å². The van der Waals surface area contributed by atoms with E-state index in [0.717, 1.165) is 35.0 Å². The summed E-state index contributed by atoms with van der Waals surface area (Å²) in [7, 11) is 0. The van der Waals surface area contributed by atoms with Gasteiger partial charge in [0, 0.05) is 31.0 Å². The fourth-order valence-electron chi connectivity index (χ4n) is 3.57. The van der Waals surface area contributed by atoms with Gasteiger partial charge >= 0.3 is 0 Å². The predicted molar refractivity (Wildman–Crippen MR) is 92.4 cm³/mol. The SMILES string of the molecule is Nc1ccc(-c2cnc(C(=O)NC3CC4CCN(C4)C3)s2)cc1. The number of aromatic nitrogens is 1. The normalized spacial score (nSPS) is 26.2. The lowest BCUT2D eigenvalue weighted by molar-refractivity contribution is 0.0909. The van der Waals surface area contributed by atoms with Crippen LogP contribution in [0, 0.1) is 5.92 Å². The van der Waals surface area contributed by atoms with Gasteiger partial charge in [0.15, 0.2) is 5.01 Å². The standard InChI is InChI=1S/C17H20N4OS/c18-13-3-1-12(2-4-13)15-8-19-17(23-15)16(22)20-14-7-11-5-6-21(9-11)10-14/h1-4,8,11,14H,5-7,9-10,18H2,(H,20,22). The zero-order valence-corrected chi connectivity index (χ0v) is 13.7. The lowest BCUT2D eigenvalue weighted by Crippen LogP contribution is -2.46. The smallest absolute Gasteiger partial charge is 0.280 e. The van der Waals surface area contributed by atoms with Crippen LogP contribution in [0.2, 0.25) is 0 Å². The van der Waals surface area contributed by atoms with Gasteiger partial charge in [-0.25, -0.2) is 4.98 Å². The number of carbonyl (C=O) groups is 1. The molecule has 120 valence electrons. The molecule has 1 amide bonds. The van der Waals surface area contributed by atoms with Gasteiger partial charge in [-0.2, -0.15) is 0 Å². The number of hydrogen-bond acceptors (Lipinski definition) is 5. The summed E-state index contributed by atoms with van der Waals surface area (Å²) in [6, 6.07) is 7.89. The van der Waals surface area contributed by atoms with Crippen LogP contribution >= 0.6 is 11.3 Å². The molecule has 0 spiro atoms. The number of thiazole rings is 1. The van der Waals surface area contributed by atoms with E-state index in [2.05, 4.69) is 15.2 Å². The number of benzene rings is 1. The van der Waals surface area contributed by atoms with Crippen molar-refractivity contribution < 1.29 is 4.79 Å². The number of carbonyl (C=O) groups excluding carboxylic acids is 1. The topological polar surface area (TPSA) is 71.2 Å².